The molecule has 0 amide bonds. The van der Waals surface area contributed by atoms with Crippen molar-refractivity contribution in [1.82, 2.24) is 0 Å². The molecule has 22 heavy (non-hydrogen) atoms. The molecule has 0 radical (unpaired) electrons. The molecule has 3 heteroatoms. The Morgan fingerprint density at radius 2 is 1.32 bits per heavy atom. The second-order valence-electron chi connectivity index (χ2n) is 5.76. The predicted molar refractivity (Wildman–Crippen MR) is 92.0 cm³/mol. The maximum absolute atomic E-state index is 5.59. The molecular weight excluding hydrogens is 291 g/mol. The maximum atomic E-state index is 5.59. The van der Waals surface area contributed by atoms with Gasteiger partial charge in [0.15, 0.2) is 0 Å². The highest BCUT2D eigenvalue weighted by Gasteiger charge is 2.19. The van der Waals surface area contributed by atoms with Gasteiger partial charge < -0.3 is 8.83 Å². The predicted octanol–water partition coefficient (Wildman–Crippen LogP) is 5.31. The van der Waals surface area contributed by atoms with Crippen molar-refractivity contribution in [2.45, 2.75) is 33.1 Å². The van der Waals surface area contributed by atoms with Gasteiger partial charge >= 0.3 is 0 Å². The third-order valence-corrected chi connectivity index (χ3v) is 6.53. The van der Waals surface area contributed by atoms with E-state index in [0.29, 0.717) is 0 Å². The minimum Gasteiger partial charge on any atom is -0.469 e. The average molecular weight is 312 g/mol. The van der Waals surface area contributed by atoms with E-state index in [1.807, 2.05) is 12.1 Å². The molecule has 0 atom stereocenters. The first kappa shape index (κ1) is 15.1. The fourth-order valence-corrected chi connectivity index (χ4v) is 5.73. The molecule has 2 aromatic heterocycles. The SMILES string of the molecule is Cc1cc(C)c(P(Cc2ccco2)Cc2ccco2)c(C)c1. The highest BCUT2D eigenvalue weighted by molar-refractivity contribution is 7.64. The maximum Gasteiger partial charge on any atom is 0.108 e. The lowest BCUT2D eigenvalue weighted by molar-refractivity contribution is 0.524. The van der Waals surface area contributed by atoms with Crippen molar-refractivity contribution in [2.24, 2.45) is 0 Å². The molecule has 0 aliphatic carbocycles. The summed E-state index contributed by atoms with van der Waals surface area (Å²) in [5.41, 5.74) is 4.08. The number of furan rings is 2. The molecule has 3 aromatic rings. The van der Waals surface area contributed by atoms with Gasteiger partial charge in [0.1, 0.15) is 11.5 Å². The Hall–Kier alpha value is -1.79. The Morgan fingerprint density at radius 1 is 0.818 bits per heavy atom. The zero-order valence-electron chi connectivity index (χ0n) is 13.3. The van der Waals surface area contributed by atoms with E-state index in [1.165, 1.54) is 22.0 Å². The number of benzene rings is 1. The van der Waals surface area contributed by atoms with Gasteiger partial charge in [-0.15, -0.1) is 0 Å². The lowest BCUT2D eigenvalue weighted by atomic mass is 10.1. The van der Waals surface area contributed by atoms with Gasteiger partial charge in [-0.25, -0.2) is 0 Å². The Kier molecular flexibility index (Phi) is 4.49. The van der Waals surface area contributed by atoms with E-state index in [4.69, 9.17) is 8.83 Å². The van der Waals surface area contributed by atoms with Gasteiger partial charge in [-0.3, -0.25) is 0 Å². The summed E-state index contributed by atoms with van der Waals surface area (Å²) in [4.78, 5) is 0. The molecule has 114 valence electrons. The number of rotatable bonds is 5. The van der Waals surface area contributed by atoms with Crippen LogP contribution in [0, 0.1) is 20.8 Å². The summed E-state index contributed by atoms with van der Waals surface area (Å²) in [6.45, 7) is 6.59. The van der Waals surface area contributed by atoms with E-state index in [0.717, 1.165) is 23.8 Å². The van der Waals surface area contributed by atoms with Crippen LogP contribution in [0.4, 0.5) is 0 Å². The van der Waals surface area contributed by atoms with E-state index in [9.17, 15) is 0 Å². The lowest BCUT2D eigenvalue weighted by Crippen LogP contribution is -2.13. The zero-order valence-corrected chi connectivity index (χ0v) is 14.2. The first-order chi connectivity index (χ1) is 10.6. The minimum atomic E-state index is -0.398. The van der Waals surface area contributed by atoms with Crippen molar-refractivity contribution in [3.63, 3.8) is 0 Å². The highest BCUT2D eigenvalue weighted by Crippen LogP contribution is 2.44. The van der Waals surface area contributed by atoms with Gasteiger partial charge in [-0.2, -0.15) is 0 Å². The Balaban J connectivity index is 1.97. The number of hydrogen-bond acceptors (Lipinski definition) is 2. The Bertz CT molecular complexity index is 668. The molecular formula is C19H21O2P. The monoisotopic (exact) mass is 312 g/mol. The zero-order chi connectivity index (χ0) is 15.5. The molecule has 2 nitrogen and oxygen atoms in total. The molecule has 0 fully saturated rings. The van der Waals surface area contributed by atoms with Crippen LogP contribution in [-0.4, -0.2) is 0 Å². The fraction of sp³-hybridized carbons (Fsp3) is 0.263. The summed E-state index contributed by atoms with van der Waals surface area (Å²) < 4.78 is 11.2. The normalized spacial score (nSPS) is 11.3. The molecule has 0 N–H and O–H groups in total. The molecule has 0 saturated carbocycles. The molecule has 0 unspecified atom stereocenters. The molecule has 0 aliphatic heterocycles. The molecule has 2 heterocycles. The summed E-state index contributed by atoms with van der Waals surface area (Å²) in [7, 11) is -0.398. The summed E-state index contributed by atoms with van der Waals surface area (Å²) in [6.07, 6.45) is 5.41. The van der Waals surface area contributed by atoms with Gasteiger partial charge in [0, 0.05) is 12.3 Å². The van der Waals surface area contributed by atoms with Crippen LogP contribution in [0.2, 0.25) is 0 Å². The largest absolute Gasteiger partial charge is 0.469 e. The Morgan fingerprint density at radius 3 is 1.73 bits per heavy atom. The lowest BCUT2D eigenvalue weighted by Gasteiger charge is -2.21. The van der Waals surface area contributed by atoms with Crippen LogP contribution in [0.1, 0.15) is 28.2 Å². The van der Waals surface area contributed by atoms with Gasteiger partial charge in [-0.1, -0.05) is 25.6 Å². The second kappa shape index (κ2) is 6.54. The van der Waals surface area contributed by atoms with E-state index < -0.39 is 7.92 Å². The van der Waals surface area contributed by atoms with E-state index in [-0.39, 0.29) is 0 Å². The van der Waals surface area contributed by atoms with Crippen molar-refractivity contribution in [2.75, 3.05) is 0 Å². The van der Waals surface area contributed by atoms with Crippen molar-refractivity contribution >= 4 is 13.2 Å². The fourth-order valence-electron chi connectivity index (χ4n) is 3.07. The molecule has 0 aliphatic rings. The van der Waals surface area contributed by atoms with Crippen LogP contribution in [0.25, 0.3) is 0 Å². The quantitative estimate of drug-likeness (QED) is 0.597. The minimum absolute atomic E-state index is 0.398. The van der Waals surface area contributed by atoms with Crippen LogP contribution in [0.15, 0.2) is 57.8 Å². The molecule has 3 rings (SSSR count). The van der Waals surface area contributed by atoms with E-state index in [1.54, 1.807) is 12.5 Å². The third-order valence-electron chi connectivity index (χ3n) is 3.81. The number of aryl methyl sites for hydroxylation is 3. The van der Waals surface area contributed by atoms with Crippen molar-refractivity contribution in [1.29, 1.82) is 0 Å². The van der Waals surface area contributed by atoms with Gasteiger partial charge in [0.05, 0.1) is 12.5 Å². The highest BCUT2D eigenvalue weighted by atomic mass is 31.1. The second-order valence-corrected chi connectivity index (χ2v) is 7.92. The summed E-state index contributed by atoms with van der Waals surface area (Å²) in [6, 6.07) is 12.6. The molecule has 0 bridgehead atoms. The van der Waals surface area contributed by atoms with Gasteiger partial charge in [0.25, 0.3) is 0 Å². The molecule has 0 saturated heterocycles. The Labute approximate surface area is 132 Å². The third kappa shape index (κ3) is 3.34. The van der Waals surface area contributed by atoms with E-state index in [2.05, 4.69) is 45.0 Å². The van der Waals surface area contributed by atoms with Crippen LogP contribution in [-0.2, 0) is 12.3 Å². The van der Waals surface area contributed by atoms with E-state index >= 15 is 0 Å². The number of hydrogen-bond donors (Lipinski definition) is 0. The van der Waals surface area contributed by atoms with Crippen LogP contribution >= 0.6 is 7.92 Å². The molecule has 0 spiro atoms. The summed E-state index contributed by atoms with van der Waals surface area (Å²) in [5.74, 6) is 2.11. The summed E-state index contributed by atoms with van der Waals surface area (Å²) >= 11 is 0. The van der Waals surface area contributed by atoms with Crippen molar-refractivity contribution in [3.8, 4) is 0 Å². The molecule has 1 aromatic carbocycles. The smallest absolute Gasteiger partial charge is 0.108 e. The van der Waals surface area contributed by atoms with Crippen molar-refractivity contribution in [3.05, 3.63) is 77.1 Å². The van der Waals surface area contributed by atoms with Gasteiger partial charge in [0.2, 0.25) is 0 Å². The van der Waals surface area contributed by atoms with Crippen molar-refractivity contribution < 1.29 is 8.83 Å². The topological polar surface area (TPSA) is 26.3 Å². The van der Waals surface area contributed by atoms with Gasteiger partial charge in [-0.05, 0) is 61.5 Å². The van der Waals surface area contributed by atoms with Crippen LogP contribution in [0.5, 0.6) is 0 Å². The summed E-state index contributed by atoms with van der Waals surface area (Å²) in [5, 5.41) is 1.48. The first-order valence-corrected chi connectivity index (χ1v) is 9.22. The standard InChI is InChI=1S/C19H21O2P/c1-14-10-15(2)19(16(3)11-14)22(12-17-6-4-8-20-17)13-18-7-5-9-21-18/h4-11H,12-13H2,1-3H3. The first-order valence-electron chi connectivity index (χ1n) is 7.51. The van der Waals surface area contributed by atoms with Crippen LogP contribution in [0.3, 0.4) is 0 Å². The average Bonchev–Trinajstić information content (AvgIpc) is 3.10. The van der Waals surface area contributed by atoms with Crippen LogP contribution < -0.4 is 5.30 Å².